The molecule has 0 radical (unpaired) electrons. The highest BCUT2D eigenvalue weighted by molar-refractivity contribution is 6.40. The molecule has 7 nitrogen and oxygen atoms in total. The molecule has 1 aromatic heterocycles. The fraction of sp³-hybridized carbons (Fsp3) is 0.0909. The number of non-ortho nitro benzene ring substituents is 1. The molecule has 1 heterocycles. The molecule has 0 aliphatic heterocycles. The number of esters is 1. The summed E-state index contributed by atoms with van der Waals surface area (Å²) in [5.41, 5.74) is 0.0870. The summed E-state index contributed by atoms with van der Waals surface area (Å²) in [4.78, 5) is 25.4. The van der Waals surface area contributed by atoms with Crippen LogP contribution in [0.4, 0.5) is 5.69 Å². The smallest absolute Gasteiger partial charge is 0.339 e. The maximum Gasteiger partial charge on any atom is 0.339 e. The van der Waals surface area contributed by atoms with Gasteiger partial charge in [-0.3, -0.25) is 14.7 Å². The van der Waals surface area contributed by atoms with Gasteiger partial charge >= 0.3 is 5.97 Å². The van der Waals surface area contributed by atoms with Crippen molar-refractivity contribution in [1.82, 2.24) is 9.55 Å². The SMILES string of the molecule is O=C(OCn1cnc(Cl)c1Cl)c1ccc([N+](=O)[O-])cc1. The first kappa shape index (κ1) is 14.3. The van der Waals surface area contributed by atoms with Crippen LogP contribution in [0.5, 0.6) is 0 Å². The minimum Gasteiger partial charge on any atom is -0.440 e. The van der Waals surface area contributed by atoms with E-state index in [1.54, 1.807) is 0 Å². The van der Waals surface area contributed by atoms with Crippen molar-refractivity contribution in [2.24, 2.45) is 0 Å². The third-order valence-electron chi connectivity index (χ3n) is 2.38. The highest BCUT2D eigenvalue weighted by Crippen LogP contribution is 2.19. The van der Waals surface area contributed by atoms with E-state index in [-0.39, 0.29) is 28.3 Å². The molecular formula is C11H7Cl2N3O4. The first-order valence-corrected chi connectivity index (χ1v) is 6.02. The van der Waals surface area contributed by atoms with Gasteiger partial charge in [0.2, 0.25) is 0 Å². The molecule has 9 heteroatoms. The number of imidazole rings is 1. The van der Waals surface area contributed by atoms with E-state index in [1.807, 2.05) is 0 Å². The summed E-state index contributed by atoms with van der Waals surface area (Å²) in [6.45, 7) is -0.158. The Kier molecular flexibility index (Phi) is 4.21. The zero-order chi connectivity index (χ0) is 14.7. The molecule has 0 atom stereocenters. The standard InChI is InChI=1S/C11H7Cl2N3O4/c12-9-10(13)15(5-14-9)6-20-11(17)7-1-3-8(4-2-7)16(18)19/h1-5H,6H2. The van der Waals surface area contributed by atoms with Crippen LogP contribution in [0.2, 0.25) is 10.3 Å². The minimum absolute atomic E-state index is 0.106. The van der Waals surface area contributed by atoms with E-state index in [4.69, 9.17) is 27.9 Å². The molecule has 2 aromatic rings. The van der Waals surface area contributed by atoms with E-state index in [0.717, 1.165) is 0 Å². The summed E-state index contributed by atoms with van der Waals surface area (Å²) in [5, 5.41) is 10.7. The molecule has 0 N–H and O–H groups in total. The number of carbonyl (C=O) groups excluding carboxylic acids is 1. The second-order valence-electron chi connectivity index (χ2n) is 3.66. The zero-order valence-electron chi connectivity index (χ0n) is 9.82. The van der Waals surface area contributed by atoms with Gasteiger partial charge in [0, 0.05) is 12.1 Å². The maximum absolute atomic E-state index is 11.7. The van der Waals surface area contributed by atoms with Gasteiger partial charge in [-0.15, -0.1) is 0 Å². The van der Waals surface area contributed by atoms with E-state index in [2.05, 4.69) is 4.98 Å². The van der Waals surface area contributed by atoms with Gasteiger partial charge in [-0.05, 0) is 12.1 Å². The van der Waals surface area contributed by atoms with Crippen molar-refractivity contribution in [3.63, 3.8) is 0 Å². The number of halogens is 2. The fourth-order valence-corrected chi connectivity index (χ4v) is 1.66. The van der Waals surface area contributed by atoms with E-state index in [0.29, 0.717) is 0 Å². The zero-order valence-corrected chi connectivity index (χ0v) is 11.3. The van der Waals surface area contributed by atoms with Gasteiger partial charge in [-0.1, -0.05) is 23.2 Å². The van der Waals surface area contributed by atoms with Crippen LogP contribution < -0.4 is 0 Å². The van der Waals surface area contributed by atoms with E-state index >= 15 is 0 Å². The van der Waals surface area contributed by atoms with Crippen LogP contribution in [0, 0.1) is 10.1 Å². The van der Waals surface area contributed by atoms with Crippen LogP contribution in [0.25, 0.3) is 0 Å². The van der Waals surface area contributed by atoms with Crippen molar-refractivity contribution in [3.05, 3.63) is 56.6 Å². The first-order chi connectivity index (χ1) is 9.49. The number of benzene rings is 1. The molecule has 0 unspecified atom stereocenters. The molecule has 0 spiro atoms. The number of hydrogen-bond acceptors (Lipinski definition) is 5. The van der Waals surface area contributed by atoms with Crippen LogP contribution >= 0.6 is 23.2 Å². The lowest BCUT2D eigenvalue weighted by Crippen LogP contribution is -2.09. The molecule has 104 valence electrons. The van der Waals surface area contributed by atoms with Crippen LogP contribution in [0.3, 0.4) is 0 Å². The van der Waals surface area contributed by atoms with Crippen LogP contribution in [-0.2, 0) is 11.5 Å². The van der Waals surface area contributed by atoms with Crippen molar-refractivity contribution in [3.8, 4) is 0 Å². The summed E-state index contributed by atoms with van der Waals surface area (Å²) >= 11 is 11.4. The van der Waals surface area contributed by atoms with Gasteiger partial charge in [0.15, 0.2) is 17.0 Å². The van der Waals surface area contributed by atoms with Crippen LogP contribution in [-0.4, -0.2) is 20.4 Å². The normalized spacial score (nSPS) is 10.3. The lowest BCUT2D eigenvalue weighted by atomic mass is 10.2. The van der Waals surface area contributed by atoms with Crippen LogP contribution in [0.15, 0.2) is 30.6 Å². The largest absolute Gasteiger partial charge is 0.440 e. The Morgan fingerprint density at radius 1 is 1.35 bits per heavy atom. The highest BCUT2D eigenvalue weighted by Gasteiger charge is 2.12. The summed E-state index contributed by atoms with van der Waals surface area (Å²) in [7, 11) is 0. The number of aromatic nitrogens is 2. The average molecular weight is 316 g/mol. The fourth-order valence-electron chi connectivity index (χ4n) is 1.36. The Balaban J connectivity index is 2.01. The topological polar surface area (TPSA) is 87.3 Å². The number of carbonyl (C=O) groups is 1. The Morgan fingerprint density at radius 3 is 2.50 bits per heavy atom. The Labute approximate surface area is 122 Å². The molecule has 0 aliphatic rings. The molecule has 1 aromatic carbocycles. The van der Waals surface area contributed by atoms with Crippen molar-refractivity contribution in [2.45, 2.75) is 6.73 Å². The molecule has 0 aliphatic carbocycles. The van der Waals surface area contributed by atoms with E-state index in [1.165, 1.54) is 35.2 Å². The summed E-state index contributed by atoms with van der Waals surface area (Å²) in [5.74, 6) is -0.638. The number of rotatable bonds is 4. The van der Waals surface area contributed by atoms with Gasteiger partial charge in [0.05, 0.1) is 10.5 Å². The molecule has 0 saturated heterocycles. The second-order valence-corrected chi connectivity index (χ2v) is 4.38. The van der Waals surface area contributed by atoms with E-state index in [9.17, 15) is 14.9 Å². The molecule has 20 heavy (non-hydrogen) atoms. The molecule has 2 rings (SSSR count). The van der Waals surface area contributed by atoms with Crippen LogP contribution in [0.1, 0.15) is 10.4 Å². The Hall–Kier alpha value is -2.12. The third-order valence-corrected chi connectivity index (χ3v) is 3.15. The van der Waals surface area contributed by atoms with E-state index < -0.39 is 10.9 Å². The number of ether oxygens (including phenoxy) is 1. The van der Waals surface area contributed by atoms with Gasteiger partial charge in [0.25, 0.3) is 5.69 Å². The van der Waals surface area contributed by atoms with Gasteiger partial charge in [-0.25, -0.2) is 9.78 Å². The van der Waals surface area contributed by atoms with Gasteiger partial charge < -0.3 is 4.74 Å². The van der Waals surface area contributed by atoms with Gasteiger partial charge in [-0.2, -0.15) is 0 Å². The number of hydrogen-bond donors (Lipinski definition) is 0. The van der Waals surface area contributed by atoms with Crippen molar-refractivity contribution in [2.75, 3.05) is 0 Å². The monoisotopic (exact) mass is 315 g/mol. The summed E-state index contributed by atoms with van der Waals surface area (Å²) < 4.78 is 6.32. The second kappa shape index (κ2) is 5.89. The average Bonchev–Trinajstić information content (AvgIpc) is 2.76. The number of nitro groups is 1. The predicted molar refractivity (Wildman–Crippen MR) is 70.8 cm³/mol. The highest BCUT2D eigenvalue weighted by atomic mass is 35.5. The summed E-state index contributed by atoms with van der Waals surface area (Å²) in [6.07, 6.45) is 1.33. The molecule has 0 fully saturated rings. The number of nitro benzene ring substituents is 1. The quantitative estimate of drug-likeness (QED) is 0.492. The minimum atomic E-state index is -0.638. The molecule has 0 bridgehead atoms. The maximum atomic E-state index is 11.7. The predicted octanol–water partition coefficient (Wildman–Crippen LogP) is 2.91. The van der Waals surface area contributed by atoms with Crippen molar-refractivity contribution < 1.29 is 14.5 Å². The Morgan fingerprint density at radius 2 is 2.00 bits per heavy atom. The number of nitrogens with zero attached hydrogens (tertiary/aromatic N) is 3. The lowest BCUT2D eigenvalue weighted by Gasteiger charge is -2.06. The van der Waals surface area contributed by atoms with Gasteiger partial charge in [0.1, 0.15) is 6.33 Å². The third kappa shape index (κ3) is 3.06. The molecule has 0 amide bonds. The van der Waals surface area contributed by atoms with Crippen molar-refractivity contribution >= 4 is 34.9 Å². The molecular weight excluding hydrogens is 309 g/mol. The summed E-state index contributed by atoms with van der Waals surface area (Å²) in [6, 6.07) is 5.06. The first-order valence-electron chi connectivity index (χ1n) is 5.26. The van der Waals surface area contributed by atoms with Crippen molar-refractivity contribution in [1.29, 1.82) is 0 Å². The molecule has 0 saturated carbocycles. The Bertz CT molecular complexity index is 654. The lowest BCUT2D eigenvalue weighted by molar-refractivity contribution is -0.384.